The lowest BCUT2D eigenvalue weighted by molar-refractivity contribution is 1.08. The van der Waals surface area contributed by atoms with Crippen molar-refractivity contribution in [2.45, 2.75) is 0 Å². The van der Waals surface area contributed by atoms with Gasteiger partial charge < -0.3 is 0 Å². The maximum Gasteiger partial charge on any atom is 0.165 e. The second-order valence-corrected chi connectivity index (χ2v) is 13.8. The highest BCUT2D eigenvalue weighted by Gasteiger charge is 2.17. The summed E-state index contributed by atoms with van der Waals surface area (Å²) in [6.07, 6.45) is 2.02. The Morgan fingerprint density at radius 1 is 0.327 bits per heavy atom. The number of nitrogens with zero attached hydrogens (tertiary/aromatic N) is 6. The molecule has 0 unspecified atom stereocenters. The van der Waals surface area contributed by atoms with Crippen LogP contribution in [0.2, 0.25) is 0 Å². The van der Waals surface area contributed by atoms with Crippen molar-refractivity contribution in [1.82, 2.24) is 29.3 Å². The fraction of sp³-hybridized carbons (Fsp3) is 0. The van der Waals surface area contributed by atoms with E-state index < -0.39 is 0 Å². The first-order chi connectivity index (χ1) is 27.2. The van der Waals surface area contributed by atoms with Crippen LogP contribution >= 0.6 is 0 Å². The second-order valence-electron chi connectivity index (χ2n) is 13.8. The second kappa shape index (κ2) is 12.5. The zero-order valence-electron chi connectivity index (χ0n) is 29.5. The van der Waals surface area contributed by atoms with Crippen molar-refractivity contribution < 1.29 is 0 Å². The van der Waals surface area contributed by atoms with Gasteiger partial charge in [0.1, 0.15) is 11.2 Å². The number of rotatable bonds is 5. The van der Waals surface area contributed by atoms with Crippen molar-refractivity contribution in [2.24, 2.45) is 0 Å². The summed E-state index contributed by atoms with van der Waals surface area (Å²) in [7, 11) is 0. The van der Waals surface area contributed by atoms with Gasteiger partial charge in [0, 0.05) is 39.2 Å². The lowest BCUT2D eigenvalue weighted by Crippen LogP contribution is -2.00. The van der Waals surface area contributed by atoms with E-state index in [1.165, 1.54) is 10.8 Å². The Labute approximate surface area is 316 Å². The van der Waals surface area contributed by atoms with Gasteiger partial charge in [0.2, 0.25) is 0 Å². The highest BCUT2D eigenvalue weighted by atomic mass is 15.1. The van der Waals surface area contributed by atoms with E-state index in [1.807, 2.05) is 24.4 Å². The van der Waals surface area contributed by atoms with Crippen LogP contribution in [0, 0.1) is 0 Å². The van der Waals surface area contributed by atoms with Crippen LogP contribution in [-0.4, -0.2) is 29.3 Å². The molecular formula is C49H30N6. The number of pyridine rings is 2. The molecule has 256 valence electrons. The minimum Gasteiger partial charge on any atom is -0.284 e. The van der Waals surface area contributed by atoms with Crippen molar-refractivity contribution >= 4 is 49.1 Å². The molecule has 0 N–H and O–H groups in total. The van der Waals surface area contributed by atoms with Gasteiger partial charge in [0.15, 0.2) is 23.1 Å². The third kappa shape index (κ3) is 5.39. The van der Waals surface area contributed by atoms with Crippen LogP contribution < -0.4 is 0 Å². The smallest absolute Gasteiger partial charge is 0.165 e. The minimum atomic E-state index is 0.624. The molecule has 0 aliphatic rings. The normalized spacial score (nSPS) is 11.6. The molecule has 7 aromatic carbocycles. The SMILES string of the molecule is c1cc(-c2ccc(-c3nc(-c4ccc5ccccc5c4)nc(-c4ccc5ccccc5c4)n3)cc2)cc(-c2nc3c(nc4ccccn43)c3ccccc23)c1. The molecule has 11 aromatic rings. The molecular weight excluding hydrogens is 673 g/mol. The van der Waals surface area contributed by atoms with Gasteiger partial charge in [-0.15, -0.1) is 0 Å². The molecule has 0 atom stereocenters. The maximum atomic E-state index is 5.23. The fourth-order valence-electron chi connectivity index (χ4n) is 7.63. The van der Waals surface area contributed by atoms with Gasteiger partial charge in [-0.25, -0.2) is 24.9 Å². The van der Waals surface area contributed by atoms with Crippen LogP contribution in [0.4, 0.5) is 0 Å². The van der Waals surface area contributed by atoms with Crippen LogP contribution in [0.1, 0.15) is 0 Å². The van der Waals surface area contributed by atoms with Gasteiger partial charge in [-0.1, -0.05) is 146 Å². The molecule has 0 saturated heterocycles. The quantitative estimate of drug-likeness (QED) is 0.179. The summed E-state index contributed by atoms with van der Waals surface area (Å²) >= 11 is 0. The van der Waals surface area contributed by atoms with Crippen molar-refractivity contribution in [3.8, 4) is 56.5 Å². The van der Waals surface area contributed by atoms with Gasteiger partial charge in [-0.2, -0.15) is 0 Å². The van der Waals surface area contributed by atoms with Crippen LogP contribution in [0.3, 0.4) is 0 Å². The topological polar surface area (TPSA) is 68.9 Å². The Balaban J connectivity index is 1.00. The summed E-state index contributed by atoms with van der Waals surface area (Å²) in [5.74, 6) is 1.90. The molecule has 6 nitrogen and oxygen atoms in total. The first-order valence-corrected chi connectivity index (χ1v) is 18.3. The van der Waals surface area contributed by atoms with Crippen LogP contribution in [-0.2, 0) is 0 Å². The van der Waals surface area contributed by atoms with Crippen LogP contribution in [0.5, 0.6) is 0 Å². The lowest BCUT2D eigenvalue weighted by atomic mass is 9.98. The standard InChI is InChI=1S/C49H30N6/c1-3-12-35-29-39(25-21-31(35)10-1)47-52-46(53-48(54-47)40-26-22-32-11-2-4-13-36(32)30-40)34-23-19-33(20-24-34)37-14-9-15-38(28-37)44-41-16-5-6-17-42(41)45-49(51-44)55-27-8-7-18-43(55)50-45/h1-30H. The summed E-state index contributed by atoms with van der Waals surface area (Å²) in [6, 6.07) is 61.0. The Bertz CT molecular complexity index is 3180. The highest BCUT2D eigenvalue weighted by Crippen LogP contribution is 2.35. The van der Waals surface area contributed by atoms with E-state index in [0.29, 0.717) is 17.5 Å². The highest BCUT2D eigenvalue weighted by molar-refractivity contribution is 6.09. The number of imidazole rings is 1. The molecule has 0 radical (unpaired) electrons. The van der Waals surface area contributed by atoms with E-state index in [2.05, 4.69) is 162 Å². The summed E-state index contributed by atoms with van der Waals surface area (Å²) in [4.78, 5) is 25.3. The number of aromatic nitrogens is 6. The number of fused-ring (bicyclic) bond motifs is 7. The van der Waals surface area contributed by atoms with Crippen LogP contribution in [0.15, 0.2) is 182 Å². The zero-order valence-corrected chi connectivity index (χ0v) is 29.5. The molecule has 4 aromatic heterocycles. The van der Waals surface area contributed by atoms with E-state index >= 15 is 0 Å². The predicted octanol–water partition coefficient (Wildman–Crippen LogP) is 11.9. The molecule has 0 aliphatic carbocycles. The number of hydrogen-bond donors (Lipinski definition) is 0. The number of benzene rings is 7. The molecule has 0 amide bonds. The van der Waals surface area contributed by atoms with Crippen molar-refractivity contribution in [2.75, 3.05) is 0 Å². The van der Waals surface area contributed by atoms with Crippen molar-refractivity contribution in [3.05, 3.63) is 182 Å². The molecule has 0 bridgehead atoms. The van der Waals surface area contributed by atoms with E-state index in [0.717, 1.165) is 77.4 Å². The Morgan fingerprint density at radius 2 is 0.873 bits per heavy atom. The summed E-state index contributed by atoms with van der Waals surface area (Å²) in [6.45, 7) is 0. The zero-order chi connectivity index (χ0) is 36.3. The molecule has 0 aliphatic heterocycles. The van der Waals surface area contributed by atoms with Gasteiger partial charge in [-0.05, 0) is 63.0 Å². The van der Waals surface area contributed by atoms with Crippen molar-refractivity contribution in [3.63, 3.8) is 0 Å². The van der Waals surface area contributed by atoms with Gasteiger partial charge in [0.05, 0.1) is 5.69 Å². The molecule has 4 heterocycles. The Hall–Kier alpha value is -7.57. The lowest BCUT2D eigenvalue weighted by Gasteiger charge is -2.11. The maximum absolute atomic E-state index is 5.23. The van der Waals surface area contributed by atoms with Crippen LogP contribution in [0.25, 0.3) is 106 Å². The molecule has 0 saturated carbocycles. The van der Waals surface area contributed by atoms with E-state index in [4.69, 9.17) is 24.9 Å². The van der Waals surface area contributed by atoms with E-state index in [9.17, 15) is 0 Å². The monoisotopic (exact) mass is 702 g/mol. The van der Waals surface area contributed by atoms with Gasteiger partial charge in [-0.3, -0.25) is 4.40 Å². The van der Waals surface area contributed by atoms with Crippen molar-refractivity contribution in [1.29, 1.82) is 0 Å². The van der Waals surface area contributed by atoms with Gasteiger partial charge in [0.25, 0.3) is 0 Å². The predicted molar refractivity (Wildman–Crippen MR) is 224 cm³/mol. The summed E-state index contributed by atoms with van der Waals surface area (Å²) in [5, 5.41) is 6.80. The first kappa shape index (κ1) is 31.0. The average molecular weight is 703 g/mol. The largest absolute Gasteiger partial charge is 0.284 e. The van der Waals surface area contributed by atoms with E-state index in [-0.39, 0.29) is 0 Å². The third-order valence-electron chi connectivity index (χ3n) is 10.4. The molecule has 55 heavy (non-hydrogen) atoms. The molecule has 11 rings (SSSR count). The average Bonchev–Trinajstić information content (AvgIpc) is 3.65. The third-order valence-corrected chi connectivity index (χ3v) is 10.4. The molecule has 0 fully saturated rings. The Morgan fingerprint density at radius 3 is 1.56 bits per heavy atom. The fourth-order valence-corrected chi connectivity index (χ4v) is 7.63. The Kier molecular flexibility index (Phi) is 7.07. The molecule has 6 heteroatoms. The van der Waals surface area contributed by atoms with Gasteiger partial charge >= 0.3 is 0 Å². The minimum absolute atomic E-state index is 0.624. The molecule has 0 spiro atoms. The summed E-state index contributed by atoms with van der Waals surface area (Å²) < 4.78 is 2.06. The van der Waals surface area contributed by atoms with E-state index in [1.54, 1.807) is 0 Å². The number of hydrogen-bond acceptors (Lipinski definition) is 5. The summed E-state index contributed by atoms with van der Waals surface area (Å²) in [5.41, 5.74) is 9.60. The first-order valence-electron chi connectivity index (χ1n) is 18.3.